The van der Waals surface area contributed by atoms with Crippen molar-refractivity contribution in [3.63, 3.8) is 0 Å². The van der Waals surface area contributed by atoms with Crippen LogP contribution in [-0.2, 0) is 13.0 Å². The summed E-state index contributed by atoms with van der Waals surface area (Å²) >= 11 is 0. The Morgan fingerprint density at radius 3 is 2.64 bits per heavy atom. The first-order chi connectivity index (χ1) is 10.3. The van der Waals surface area contributed by atoms with Crippen molar-refractivity contribution in [3.05, 3.63) is 47.6 Å². The van der Waals surface area contributed by atoms with Crippen LogP contribution in [0.4, 0.5) is 0 Å². The SMILES string of the molecule is CCNC(=NCc1noc(C)n1)NCCc1ccccc1.I. The summed E-state index contributed by atoms with van der Waals surface area (Å²) in [7, 11) is 0. The maximum Gasteiger partial charge on any atom is 0.223 e. The van der Waals surface area contributed by atoms with Gasteiger partial charge in [-0.15, -0.1) is 24.0 Å². The van der Waals surface area contributed by atoms with Gasteiger partial charge in [0.1, 0.15) is 6.54 Å². The summed E-state index contributed by atoms with van der Waals surface area (Å²) in [6.07, 6.45) is 0.951. The predicted octanol–water partition coefficient (Wildman–Crippen LogP) is 2.29. The van der Waals surface area contributed by atoms with Gasteiger partial charge in [0.15, 0.2) is 11.8 Å². The second-order valence-corrected chi connectivity index (χ2v) is 4.59. The molecule has 0 aliphatic heterocycles. The Hall–Kier alpha value is -1.64. The molecule has 1 aromatic heterocycles. The minimum absolute atomic E-state index is 0. The molecule has 0 bridgehead atoms. The van der Waals surface area contributed by atoms with E-state index in [2.05, 4.69) is 37.9 Å². The van der Waals surface area contributed by atoms with Crippen molar-refractivity contribution < 1.29 is 4.52 Å². The molecule has 0 unspecified atom stereocenters. The van der Waals surface area contributed by atoms with Crippen LogP contribution < -0.4 is 10.6 Å². The number of benzene rings is 1. The Bertz CT molecular complexity index is 570. The number of nitrogens with zero attached hydrogens (tertiary/aromatic N) is 3. The molecule has 0 amide bonds. The highest BCUT2D eigenvalue weighted by atomic mass is 127. The molecule has 0 aliphatic rings. The molecule has 7 heteroatoms. The van der Waals surface area contributed by atoms with Gasteiger partial charge in [-0.1, -0.05) is 35.5 Å². The van der Waals surface area contributed by atoms with E-state index in [1.54, 1.807) is 6.92 Å². The second-order valence-electron chi connectivity index (χ2n) is 4.59. The smallest absolute Gasteiger partial charge is 0.223 e. The molecule has 0 spiro atoms. The summed E-state index contributed by atoms with van der Waals surface area (Å²) in [5, 5.41) is 10.3. The van der Waals surface area contributed by atoms with Gasteiger partial charge >= 0.3 is 0 Å². The number of guanidine groups is 1. The van der Waals surface area contributed by atoms with Crippen molar-refractivity contribution in [1.29, 1.82) is 0 Å². The lowest BCUT2D eigenvalue weighted by Crippen LogP contribution is -2.38. The zero-order valence-electron chi connectivity index (χ0n) is 12.9. The molecule has 2 aromatic rings. The van der Waals surface area contributed by atoms with Crippen LogP contribution in [0.25, 0.3) is 0 Å². The van der Waals surface area contributed by atoms with Crippen molar-refractivity contribution in [1.82, 2.24) is 20.8 Å². The monoisotopic (exact) mass is 415 g/mol. The largest absolute Gasteiger partial charge is 0.357 e. The fourth-order valence-corrected chi connectivity index (χ4v) is 1.87. The number of hydrogen-bond donors (Lipinski definition) is 2. The van der Waals surface area contributed by atoms with Gasteiger partial charge < -0.3 is 15.2 Å². The first-order valence-corrected chi connectivity index (χ1v) is 7.13. The normalized spacial score (nSPS) is 10.9. The molecular formula is C15H22IN5O. The molecule has 1 aromatic carbocycles. The summed E-state index contributed by atoms with van der Waals surface area (Å²) in [5.41, 5.74) is 1.30. The number of aryl methyl sites for hydroxylation is 1. The van der Waals surface area contributed by atoms with Gasteiger partial charge in [0, 0.05) is 20.0 Å². The van der Waals surface area contributed by atoms with Crippen LogP contribution in [-0.4, -0.2) is 29.2 Å². The molecule has 2 rings (SSSR count). The zero-order valence-corrected chi connectivity index (χ0v) is 15.2. The van der Waals surface area contributed by atoms with E-state index in [9.17, 15) is 0 Å². The van der Waals surface area contributed by atoms with Gasteiger partial charge in [0.2, 0.25) is 5.89 Å². The van der Waals surface area contributed by atoms with Gasteiger partial charge in [0.05, 0.1) is 0 Å². The fraction of sp³-hybridized carbons (Fsp3) is 0.400. The highest BCUT2D eigenvalue weighted by molar-refractivity contribution is 14.0. The molecular weight excluding hydrogens is 393 g/mol. The summed E-state index contributed by atoms with van der Waals surface area (Å²) in [5.74, 6) is 1.91. The summed E-state index contributed by atoms with van der Waals surface area (Å²) in [4.78, 5) is 8.57. The van der Waals surface area contributed by atoms with Gasteiger partial charge in [-0.25, -0.2) is 4.99 Å². The molecule has 120 valence electrons. The van der Waals surface area contributed by atoms with E-state index in [1.807, 2.05) is 25.1 Å². The Morgan fingerprint density at radius 2 is 2.00 bits per heavy atom. The number of hydrogen-bond acceptors (Lipinski definition) is 4. The predicted molar refractivity (Wildman–Crippen MR) is 97.4 cm³/mol. The minimum Gasteiger partial charge on any atom is -0.357 e. The first-order valence-electron chi connectivity index (χ1n) is 7.13. The Morgan fingerprint density at radius 1 is 1.23 bits per heavy atom. The third-order valence-corrected chi connectivity index (χ3v) is 2.84. The molecule has 0 radical (unpaired) electrons. The molecule has 1 heterocycles. The van der Waals surface area contributed by atoms with Crippen molar-refractivity contribution in [2.24, 2.45) is 4.99 Å². The van der Waals surface area contributed by atoms with E-state index in [0.717, 1.165) is 25.5 Å². The summed E-state index contributed by atoms with van der Waals surface area (Å²) in [6.45, 7) is 5.83. The van der Waals surface area contributed by atoms with Crippen LogP contribution in [0.5, 0.6) is 0 Å². The van der Waals surface area contributed by atoms with Crippen molar-refractivity contribution >= 4 is 29.9 Å². The molecule has 0 aliphatic carbocycles. The number of aromatic nitrogens is 2. The molecule has 6 nitrogen and oxygen atoms in total. The summed E-state index contributed by atoms with van der Waals surface area (Å²) in [6, 6.07) is 10.4. The highest BCUT2D eigenvalue weighted by Gasteiger charge is 2.02. The van der Waals surface area contributed by atoms with Crippen molar-refractivity contribution in [2.45, 2.75) is 26.8 Å². The Kier molecular flexibility index (Phi) is 8.49. The van der Waals surface area contributed by atoms with E-state index in [4.69, 9.17) is 4.52 Å². The van der Waals surface area contributed by atoms with Gasteiger partial charge in [-0.05, 0) is 18.9 Å². The number of rotatable bonds is 6. The van der Waals surface area contributed by atoms with Gasteiger partial charge in [-0.3, -0.25) is 0 Å². The van der Waals surface area contributed by atoms with Crippen molar-refractivity contribution in [3.8, 4) is 0 Å². The first kappa shape index (κ1) is 18.4. The van der Waals surface area contributed by atoms with Crippen LogP contribution in [0.15, 0.2) is 39.8 Å². The van der Waals surface area contributed by atoms with E-state index >= 15 is 0 Å². The van der Waals surface area contributed by atoms with Crippen LogP contribution in [0.2, 0.25) is 0 Å². The van der Waals surface area contributed by atoms with Crippen LogP contribution in [0, 0.1) is 6.92 Å². The van der Waals surface area contributed by atoms with E-state index in [0.29, 0.717) is 18.3 Å². The zero-order chi connectivity index (χ0) is 14.9. The third-order valence-electron chi connectivity index (χ3n) is 2.84. The van der Waals surface area contributed by atoms with E-state index in [1.165, 1.54) is 5.56 Å². The second kappa shape index (κ2) is 10.1. The molecule has 0 atom stereocenters. The topological polar surface area (TPSA) is 75.3 Å². The number of aliphatic imine (C=N–C) groups is 1. The van der Waals surface area contributed by atoms with Crippen molar-refractivity contribution in [2.75, 3.05) is 13.1 Å². The highest BCUT2D eigenvalue weighted by Crippen LogP contribution is 1.99. The lowest BCUT2D eigenvalue weighted by molar-refractivity contribution is 0.387. The maximum absolute atomic E-state index is 4.92. The molecule has 0 saturated heterocycles. The van der Waals surface area contributed by atoms with Crippen LogP contribution in [0.3, 0.4) is 0 Å². The van der Waals surface area contributed by atoms with Gasteiger partial charge in [-0.2, -0.15) is 4.98 Å². The molecule has 22 heavy (non-hydrogen) atoms. The molecule has 0 saturated carbocycles. The summed E-state index contributed by atoms with van der Waals surface area (Å²) < 4.78 is 4.92. The van der Waals surface area contributed by atoms with Crippen LogP contribution in [0.1, 0.15) is 24.2 Å². The van der Waals surface area contributed by atoms with Gasteiger partial charge in [0.25, 0.3) is 0 Å². The Balaban J connectivity index is 0.00000242. The number of nitrogens with one attached hydrogen (secondary N) is 2. The maximum atomic E-state index is 4.92. The Labute approximate surface area is 147 Å². The fourth-order valence-electron chi connectivity index (χ4n) is 1.87. The average Bonchev–Trinajstić information content (AvgIpc) is 2.91. The third kappa shape index (κ3) is 6.42. The molecule has 0 fully saturated rings. The van der Waals surface area contributed by atoms with Crippen LogP contribution >= 0.6 is 24.0 Å². The number of halogens is 1. The standard InChI is InChI=1S/C15H21N5O.HI/c1-3-16-15(18-11-14-19-12(2)21-20-14)17-10-9-13-7-5-4-6-8-13;/h4-8H,3,9-11H2,1-2H3,(H2,16,17,18);1H. The lowest BCUT2D eigenvalue weighted by atomic mass is 10.1. The van der Waals surface area contributed by atoms with E-state index in [-0.39, 0.29) is 24.0 Å². The lowest BCUT2D eigenvalue weighted by Gasteiger charge is -2.10. The average molecular weight is 415 g/mol. The quantitative estimate of drug-likeness (QED) is 0.430. The molecule has 2 N–H and O–H groups in total. The minimum atomic E-state index is 0. The van der Waals surface area contributed by atoms with E-state index < -0.39 is 0 Å².